The number of aromatic nitrogens is 2. The van der Waals surface area contributed by atoms with Gasteiger partial charge in [0.1, 0.15) is 12.1 Å². The largest absolute Gasteiger partial charge is 0.232 e. The lowest BCUT2D eigenvalue weighted by Gasteiger charge is -2.13. The Morgan fingerprint density at radius 3 is 2.07 bits per heavy atom. The highest BCUT2D eigenvalue weighted by atomic mass is 14.8. The van der Waals surface area contributed by atoms with E-state index in [0.29, 0.717) is 16.6 Å². The van der Waals surface area contributed by atoms with Crippen LogP contribution < -0.4 is 0 Å². The molecule has 0 aliphatic rings. The van der Waals surface area contributed by atoms with Gasteiger partial charge in [0, 0.05) is 10.8 Å². The third kappa shape index (κ3) is 2.24. The van der Waals surface area contributed by atoms with Gasteiger partial charge in [-0.2, -0.15) is 15.8 Å². The topological polar surface area (TPSA) is 97.1 Å². The van der Waals surface area contributed by atoms with Crippen molar-refractivity contribution in [2.45, 2.75) is 6.92 Å². The molecule has 0 atom stereocenters. The van der Waals surface area contributed by atoms with Crippen LogP contribution in [0.4, 0.5) is 0 Å². The smallest absolute Gasteiger partial charge is 0.177 e. The Balaban J connectivity index is 2.19. The van der Waals surface area contributed by atoms with Crippen LogP contribution in [-0.4, -0.2) is 9.97 Å². The summed E-state index contributed by atoms with van der Waals surface area (Å²) in [4.78, 5) is 8.97. The minimum absolute atomic E-state index is 0.00132. The summed E-state index contributed by atoms with van der Waals surface area (Å²) < 4.78 is 0. The van der Waals surface area contributed by atoms with Gasteiger partial charge in [0.25, 0.3) is 0 Å². The van der Waals surface area contributed by atoms with Crippen LogP contribution in [0.5, 0.6) is 0 Å². The molecule has 132 valence electrons. The van der Waals surface area contributed by atoms with Gasteiger partial charge >= 0.3 is 0 Å². The molecule has 0 N–H and O–H groups in total. The lowest BCUT2D eigenvalue weighted by Crippen LogP contribution is -1.98. The number of aryl methyl sites for hydroxylation is 1. The van der Waals surface area contributed by atoms with Gasteiger partial charge in [0.15, 0.2) is 11.4 Å². The number of nitriles is 3. The standard InChI is InChI=1S/C24H11N5/c1-13-8-18-19(9-15(13)10-25)24-23(28-20(11-26)21(12-27)29-24)17-7-6-14-4-2-3-5-16(14)22(17)18/h2-9H,1H3. The molecule has 0 aliphatic carbocycles. The van der Waals surface area contributed by atoms with E-state index in [1.165, 1.54) is 0 Å². The lowest BCUT2D eigenvalue weighted by atomic mass is 9.92. The summed E-state index contributed by atoms with van der Waals surface area (Å²) in [6, 6.07) is 22.0. The molecule has 0 saturated heterocycles. The Kier molecular flexibility index (Phi) is 3.44. The lowest BCUT2D eigenvalue weighted by molar-refractivity contribution is 1.21. The van der Waals surface area contributed by atoms with Crippen molar-refractivity contribution in [2.75, 3.05) is 0 Å². The maximum Gasteiger partial charge on any atom is 0.177 e. The molecule has 5 heteroatoms. The third-order valence-corrected chi connectivity index (χ3v) is 5.30. The Hall–Kier alpha value is -4.53. The van der Waals surface area contributed by atoms with Crippen molar-refractivity contribution >= 4 is 43.4 Å². The molecule has 0 bridgehead atoms. The van der Waals surface area contributed by atoms with Crippen molar-refractivity contribution in [1.29, 1.82) is 15.8 Å². The van der Waals surface area contributed by atoms with Crippen molar-refractivity contribution in [1.82, 2.24) is 9.97 Å². The van der Waals surface area contributed by atoms with Crippen LogP contribution in [0.2, 0.25) is 0 Å². The number of nitrogens with zero attached hydrogens (tertiary/aromatic N) is 5. The van der Waals surface area contributed by atoms with Crippen molar-refractivity contribution in [2.24, 2.45) is 0 Å². The second-order valence-corrected chi connectivity index (χ2v) is 6.88. The van der Waals surface area contributed by atoms with E-state index in [1.54, 1.807) is 6.07 Å². The first kappa shape index (κ1) is 16.6. The summed E-state index contributed by atoms with van der Waals surface area (Å²) in [5, 5.41) is 34.1. The molecule has 5 aromatic rings. The highest BCUT2D eigenvalue weighted by Gasteiger charge is 2.17. The second kappa shape index (κ2) is 5.99. The van der Waals surface area contributed by atoms with Gasteiger partial charge in [0.2, 0.25) is 0 Å². The number of hydrogen-bond donors (Lipinski definition) is 0. The summed E-state index contributed by atoms with van der Waals surface area (Å²) >= 11 is 0. The summed E-state index contributed by atoms with van der Waals surface area (Å²) in [6.07, 6.45) is 0. The second-order valence-electron chi connectivity index (χ2n) is 6.88. The molecule has 0 spiro atoms. The predicted octanol–water partition coefficient (Wildman–Crippen LogP) is 5.01. The SMILES string of the molecule is Cc1cc2c(cc1C#N)c1nc(C#N)c(C#N)nc1c1ccc3ccccc3c21. The van der Waals surface area contributed by atoms with Crippen LogP contribution in [-0.2, 0) is 0 Å². The number of fused-ring (bicyclic) bond motifs is 8. The van der Waals surface area contributed by atoms with E-state index < -0.39 is 0 Å². The zero-order valence-electron chi connectivity index (χ0n) is 15.4. The van der Waals surface area contributed by atoms with Gasteiger partial charge in [0.05, 0.1) is 22.7 Å². The number of rotatable bonds is 0. The highest BCUT2D eigenvalue weighted by Crippen LogP contribution is 2.38. The maximum atomic E-state index is 9.54. The molecule has 0 fully saturated rings. The van der Waals surface area contributed by atoms with Gasteiger partial charge < -0.3 is 0 Å². The molecular formula is C24H11N5. The van der Waals surface area contributed by atoms with Gasteiger partial charge in [-0.25, -0.2) is 9.97 Å². The van der Waals surface area contributed by atoms with E-state index in [1.807, 2.05) is 55.5 Å². The predicted molar refractivity (Wildman–Crippen MR) is 111 cm³/mol. The molecule has 5 rings (SSSR count). The summed E-state index contributed by atoms with van der Waals surface area (Å²) in [5.74, 6) is 0. The van der Waals surface area contributed by atoms with Crippen molar-refractivity contribution in [3.05, 3.63) is 71.0 Å². The van der Waals surface area contributed by atoms with Gasteiger partial charge in [-0.1, -0.05) is 36.4 Å². The molecule has 0 saturated carbocycles. The summed E-state index contributed by atoms with van der Waals surface area (Å²) in [6.45, 7) is 1.91. The Morgan fingerprint density at radius 2 is 1.38 bits per heavy atom. The van der Waals surface area contributed by atoms with Gasteiger partial charge in [-0.3, -0.25) is 0 Å². The molecule has 1 heterocycles. The minimum Gasteiger partial charge on any atom is -0.232 e. The van der Waals surface area contributed by atoms with E-state index in [4.69, 9.17) is 0 Å². The highest BCUT2D eigenvalue weighted by molar-refractivity contribution is 6.30. The monoisotopic (exact) mass is 369 g/mol. The average Bonchev–Trinajstić information content (AvgIpc) is 2.77. The Bertz CT molecular complexity index is 1640. The fraction of sp³-hybridized carbons (Fsp3) is 0.0417. The molecule has 1 aromatic heterocycles. The molecular weight excluding hydrogens is 358 g/mol. The van der Waals surface area contributed by atoms with Crippen LogP contribution in [0.1, 0.15) is 22.5 Å². The van der Waals surface area contributed by atoms with Crippen LogP contribution in [0.3, 0.4) is 0 Å². The Labute approximate surface area is 165 Å². The molecule has 4 aromatic carbocycles. The summed E-state index contributed by atoms with van der Waals surface area (Å²) in [5.41, 5.74) is 2.48. The first-order valence-corrected chi connectivity index (χ1v) is 8.96. The van der Waals surface area contributed by atoms with Crippen molar-refractivity contribution in [3.63, 3.8) is 0 Å². The third-order valence-electron chi connectivity index (χ3n) is 5.30. The quantitative estimate of drug-likeness (QED) is 0.357. The number of hydrogen-bond acceptors (Lipinski definition) is 5. The van der Waals surface area contributed by atoms with E-state index in [9.17, 15) is 15.8 Å². The maximum absolute atomic E-state index is 9.54. The van der Waals surface area contributed by atoms with Crippen LogP contribution >= 0.6 is 0 Å². The van der Waals surface area contributed by atoms with Crippen LogP contribution in [0.15, 0.2) is 48.5 Å². The molecule has 0 amide bonds. The summed E-state index contributed by atoms with van der Waals surface area (Å²) in [7, 11) is 0. The first-order valence-electron chi connectivity index (χ1n) is 8.96. The zero-order valence-corrected chi connectivity index (χ0v) is 15.4. The first-order chi connectivity index (χ1) is 14.2. The van der Waals surface area contributed by atoms with Crippen LogP contribution in [0, 0.1) is 40.9 Å². The van der Waals surface area contributed by atoms with Gasteiger partial charge in [-0.15, -0.1) is 0 Å². The zero-order chi connectivity index (χ0) is 20.1. The van der Waals surface area contributed by atoms with E-state index in [2.05, 4.69) is 22.1 Å². The van der Waals surface area contributed by atoms with E-state index in [0.717, 1.165) is 37.9 Å². The van der Waals surface area contributed by atoms with Crippen molar-refractivity contribution in [3.8, 4) is 18.2 Å². The van der Waals surface area contributed by atoms with Crippen LogP contribution in [0.25, 0.3) is 43.4 Å². The Morgan fingerprint density at radius 1 is 0.690 bits per heavy atom. The fourth-order valence-corrected chi connectivity index (χ4v) is 3.96. The molecule has 29 heavy (non-hydrogen) atoms. The average molecular weight is 369 g/mol. The molecule has 5 nitrogen and oxygen atoms in total. The van der Waals surface area contributed by atoms with Crippen molar-refractivity contribution < 1.29 is 0 Å². The van der Waals surface area contributed by atoms with Gasteiger partial charge in [-0.05, 0) is 46.2 Å². The van der Waals surface area contributed by atoms with E-state index in [-0.39, 0.29) is 11.4 Å². The molecule has 0 unspecified atom stereocenters. The van der Waals surface area contributed by atoms with E-state index >= 15 is 0 Å². The molecule has 0 aliphatic heterocycles. The number of benzene rings is 4. The fourth-order valence-electron chi connectivity index (χ4n) is 3.96. The molecule has 0 radical (unpaired) electrons. The normalized spacial score (nSPS) is 10.8. The minimum atomic E-state index is -0.0134.